The molecule has 50 heavy (non-hydrogen) atoms. The van der Waals surface area contributed by atoms with Crippen molar-refractivity contribution in [2.45, 2.75) is 108 Å². The standard InChI is InChI=1S/C37H51N7O6/c1-23(2)32(36(48)40-29(33(45)37(3)22-50-37)18-26-14-16-28(49-4)17-15-26)42-34(46)30(19-25-10-12-27(21-38)13-11-25)41-35(47)31(43-44-39)20-24-8-6-5-7-9-24/h5-13,23,26,28-32H,14-22,38H2,1-4H3,(H,40,48)(H,41,47)(H,42,46)/t26?,28?,29-,30-,31?,32-,37+/m0/s1. The molecule has 0 aromatic heterocycles. The van der Waals surface area contributed by atoms with Crippen LogP contribution in [-0.2, 0) is 48.0 Å². The molecule has 2 aromatic carbocycles. The lowest BCUT2D eigenvalue weighted by atomic mass is 9.81. The van der Waals surface area contributed by atoms with Crippen molar-refractivity contribution in [1.82, 2.24) is 16.0 Å². The molecule has 4 rings (SSSR count). The van der Waals surface area contributed by atoms with Crippen molar-refractivity contribution in [2.24, 2.45) is 22.7 Å². The second-order valence-corrected chi connectivity index (χ2v) is 14.0. The SMILES string of the molecule is COC1CCC(C[C@H](NC(=O)[C@@H](NC(=O)[C@H](Cc2ccc(CN)cc2)NC(=O)C(Cc2ccccc2)N=[N+]=[N-])C(C)C)C(=O)[C@@]2(C)CO2)CC1. The molecule has 1 aliphatic carbocycles. The number of azide groups is 1. The highest BCUT2D eigenvalue weighted by atomic mass is 16.6. The molecule has 2 aliphatic rings. The zero-order chi connectivity index (χ0) is 36.3. The van der Waals surface area contributed by atoms with Gasteiger partial charge in [-0.05, 0) is 79.5 Å². The Labute approximate surface area is 294 Å². The van der Waals surface area contributed by atoms with Crippen LogP contribution in [0.2, 0.25) is 0 Å². The lowest BCUT2D eigenvalue weighted by molar-refractivity contribution is -0.135. The van der Waals surface area contributed by atoms with Crippen LogP contribution in [0.15, 0.2) is 59.7 Å². The first-order chi connectivity index (χ1) is 24.0. The Morgan fingerprint density at radius 2 is 1.50 bits per heavy atom. The Bertz CT molecular complexity index is 1500. The van der Waals surface area contributed by atoms with Crippen LogP contribution in [0, 0.1) is 11.8 Å². The second kappa shape index (κ2) is 18.1. The third-order valence-corrected chi connectivity index (χ3v) is 9.77. The number of carbonyl (C=O) groups is 4. The number of ether oxygens (including phenoxy) is 2. The Morgan fingerprint density at radius 1 is 0.900 bits per heavy atom. The molecule has 1 heterocycles. The monoisotopic (exact) mass is 689 g/mol. The van der Waals surface area contributed by atoms with Crippen LogP contribution in [0.3, 0.4) is 0 Å². The molecule has 2 fully saturated rings. The van der Waals surface area contributed by atoms with Gasteiger partial charge >= 0.3 is 0 Å². The Kier molecular flexibility index (Phi) is 13.9. The van der Waals surface area contributed by atoms with Gasteiger partial charge in [-0.2, -0.15) is 0 Å². The third-order valence-electron chi connectivity index (χ3n) is 9.77. The van der Waals surface area contributed by atoms with E-state index in [0.29, 0.717) is 19.6 Å². The molecule has 2 aromatic rings. The number of Topliss-reactive ketones (excluding diaryl/α,β-unsaturated/α-hetero) is 1. The minimum absolute atomic E-state index is 0.101. The molecule has 0 spiro atoms. The fraction of sp³-hybridized carbons (Fsp3) is 0.568. The van der Waals surface area contributed by atoms with Crippen molar-refractivity contribution in [3.8, 4) is 0 Å². The fourth-order valence-corrected chi connectivity index (χ4v) is 6.45. The van der Waals surface area contributed by atoms with Crippen molar-refractivity contribution in [3.63, 3.8) is 0 Å². The topological polar surface area (TPSA) is 201 Å². The van der Waals surface area contributed by atoms with E-state index in [0.717, 1.165) is 42.4 Å². The van der Waals surface area contributed by atoms with E-state index in [2.05, 4.69) is 26.0 Å². The average Bonchev–Trinajstić information content (AvgIpc) is 3.88. The lowest BCUT2D eigenvalue weighted by Crippen LogP contribution is -2.59. The summed E-state index contributed by atoms with van der Waals surface area (Å²) in [5.41, 5.74) is 16.5. The van der Waals surface area contributed by atoms with Gasteiger partial charge in [0.2, 0.25) is 17.7 Å². The minimum atomic E-state index is -1.11. The largest absolute Gasteiger partial charge is 0.381 e. The maximum atomic E-state index is 14.0. The molecule has 13 nitrogen and oxygen atoms in total. The van der Waals surface area contributed by atoms with Gasteiger partial charge in [0.15, 0.2) is 5.78 Å². The van der Waals surface area contributed by atoms with E-state index in [1.165, 1.54) is 0 Å². The summed E-state index contributed by atoms with van der Waals surface area (Å²) in [7, 11) is 1.71. The molecule has 5 atom stereocenters. The van der Waals surface area contributed by atoms with Gasteiger partial charge in [-0.15, -0.1) is 0 Å². The molecule has 0 radical (unpaired) electrons. The average molecular weight is 690 g/mol. The highest BCUT2D eigenvalue weighted by molar-refractivity contribution is 5.98. The summed E-state index contributed by atoms with van der Waals surface area (Å²) in [4.78, 5) is 57.9. The van der Waals surface area contributed by atoms with Gasteiger partial charge in [0.25, 0.3) is 0 Å². The van der Waals surface area contributed by atoms with Gasteiger partial charge in [-0.1, -0.05) is 73.6 Å². The number of carbonyl (C=O) groups excluding carboxylic acids is 4. The molecule has 5 N–H and O–H groups in total. The molecular weight excluding hydrogens is 638 g/mol. The van der Waals surface area contributed by atoms with Gasteiger partial charge in [0.1, 0.15) is 23.7 Å². The van der Waals surface area contributed by atoms with E-state index < -0.39 is 47.5 Å². The summed E-state index contributed by atoms with van der Waals surface area (Å²) < 4.78 is 11.0. The molecule has 3 amide bonds. The second-order valence-electron chi connectivity index (χ2n) is 14.0. The summed E-state index contributed by atoms with van der Waals surface area (Å²) in [6.45, 7) is 5.98. The molecule has 1 saturated carbocycles. The van der Waals surface area contributed by atoms with Crippen molar-refractivity contribution >= 4 is 23.5 Å². The first-order valence-electron chi connectivity index (χ1n) is 17.4. The number of rotatable bonds is 18. The minimum Gasteiger partial charge on any atom is -0.381 e. The number of nitrogens with two attached hydrogens (primary N) is 1. The van der Waals surface area contributed by atoms with E-state index in [1.54, 1.807) is 27.9 Å². The molecule has 1 unspecified atom stereocenters. The van der Waals surface area contributed by atoms with E-state index in [1.807, 2.05) is 54.6 Å². The predicted molar refractivity (Wildman–Crippen MR) is 188 cm³/mol. The van der Waals surface area contributed by atoms with Crippen LogP contribution < -0.4 is 21.7 Å². The summed E-state index contributed by atoms with van der Waals surface area (Å²) >= 11 is 0. The molecule has 0 bridgehead atoms. The number of nitrogens with one attached hydrogen (secondary N) is 3. The summed E-state index contributed by atoms with van der Waals surface area (Å²) in [6.07, 6.45) is 4.46. The molecule has 1 saturated heterocycles. The lowest BCUT2D eigenvalue weighted by Gasteiger charge is -2.32. The van der Waals surface area contributed by atoms with Crippen LogP contribution in [-0.4, -0.2) is 73.1 Å². The first kappa shape index (κ1) is 38.5. The maximum absolute atomic E-state index is 14.0. The number of benzene rings is 2. The van der Waals surface area contributed by atoms with Crippen molar-refractivity contribution in [2.75, 3.05) is 13.7 Å². The normalized spacial score (nSPS) is 22.3. The third kappa shape index (κ3) is 10.9. The van der Waals surface area contributed by atoms with E-state index in [9.17, 15) is 24.7 Å². The van der Waals surface area contributed by atoms with Crippen LogP contribution in [0.5, 0.6) is 0 Å². The van der Waals surface area contributed by atoms with Crippen molar-refractivity contribution in [1.29, 1.82) is 0 Å². The molecule has 1 aliphatic heterocycles. The summed E-state index contributed by atoms with van der Waals surface area (Å²) in [5, 5.41) is 12.3. The van der Waals surface area contributed by atoms with Crippen molar-refractivity contribution in [3.05, 3.63) is 81.7 Å². The number of ketones is 1. The highest BCUT2D eigenvalue weighted by Crippen LogP contribution is 2.33. The molecular formula is C37H51N7O6. The Hall–Kier alpha value is -4.29. The maximum Gasteiger partial charge on any atom is 0.243 e. The summed E-state index contributed by atoms with van der Waals surface area (Å²) in [6, 6.07) is 12.5. The van der Waals surface area contributed by atoms with Gasteiger partial charge in [-0.3, -0.25) is 19.2 Å². The van der Waals surface area contributed by atoms with Crippen molar-refractivity contribution < 1.29 is 28.7 Å². The van der Waals surface area contributed by atoms with Gasteiger partial charge in [0, 0.05) is 25.0 Å². The van der Waals surface area contributed by atoms with Gasteiger partial charge in [0.05, 0.1) is 18.8 Å². The number of nitrogens with zero attached hydrogens (tertiary/aromatic N) is 3. The van der Waals surface area contributed by atoms with E-state index >= 15 is 0 Å². The zero-order valence-corrected chi connectivity index (χ0v) is 29.5. The number of epoxide rings is 1. The number of amides is 3. The van der Waals surface area contributed by atoms with E-state index in [4.69, 9.17) is 15.2 Å². The number of hydrogen-bond acceptors (Lipinski definition) is 8. The number of hydrogen-bond donors (Lipinski definition) is 4. The van der Waals surface area contributed by atoms with E-state index in [-0.39, 0.29) is 36.6 Å². The highest BCUT2D eigenvalue weighted by Gasteiger charge is 2.50. The summed E-state index contributed by atoms with van der Waals surface area (Å²) in [5.74, 6) is -2.00. The number of methoxy groups -OCH3 is 1. The predicted octanol–water partition coefficient (Wildman–Crippen LogP) is 3.67. The Morgan fingerprint density at radius 3 is 2.06 bits per heavy atom. The zero-order valence-electron chi connectivity index (χ0n) is 29.5. The first-order valence-corrected chi connectivity index (χ1v) is 17.4. The van der Waals surface area contributed by atoms with Gasteiger partial charge < -0.3 is 31.2 Å². The molecule has 13 heteroatoms. The smallest absolute Gasteiger partial charge is 0.243 e. The Balaban J connectivity index is 1.52. The van der Waals surface area contributed by atoms with Crippen LogP contribution in [0.1, 0.15) is 69.6 Å². The van der Waals surface area contributed by atoms with Gasteiger partial charge in [-0.25, -0.2) is 0 Å². The van der Waals surface area contributed by atoms with Crippen LogP contribution in [0.4, 0.5) is 0 Å². The van der Waals surface area contributed by atoms with Crippen LogP contribution in [0.25, 0.3) is 10.4 Å². The molecule has 270 valence electrons. The van der Waals surface area contributed by atoms with Crippen LogP contribution >= 0.6 is 0 Å². The quantitative estimate of drug-likeness (QED) is 0.0791. The fourth-order valence-electron chi connectivity index (χ4n) is 6.45.